The summed E-state index contributed by atoms with van der Waals surface area (Å²) in [6, 6.07) is 5.53. The van der Waals surface area contributed by atoms with E-state index in [1.165, 1.54) is 37.4 Å². The van der Waals surface area contributed by atoms with E-state index in [9.17, 15) is 18.0 Å². The van der Waals surface area contributed by atoms with Gasteiger partial charge in [0.05, 0.1) is 18.8 Å². The quantitative estimate of drug-likeness (QED) is 0.493. The summed E-state index contributed by atoms with van der Waals surface area (Å²) in [5, 5.41) is 2.12. The van der Waals surface area contributed by atoms with E-state index in [4.69, 9.17) is 21.1 Å². The molecule has 12 heteroatoms. The van der Waals surface area contributed by atoms with Crippen LogP contribution in [0.1, 0.15) is 30.6 Å². The number of ether oxygens (including phenoxy) is 2. The van der Waals surface area contributed by atoms with Gasteiger partial charge in [-0.1, -0.05) is 30.7 Å². The van der Waals surface area contributed by atoms with Gasteiger partial charge in [0.1, 0.15) is 10.0 Å². The van der Waals surface area contributed by atoms with Crippen molar-refractivity contribution in [2.45, 2.75) is 31.3 Å². The lowest BCUT2D eigenvalue weighted by molar-refractivity contribution is 0.0330. The smallest absolute Gasteiger partial charge is 0.339 e. The minimum atomic E-state index is -4.41. The monoisotopic (exact) mass is 442 g/mol. The second-order valence-corrected chi connectivity index (χ2v) is 7.77. The molecule has 0 fully saturated rings. The lowest BCUT2D eigenvalue weighted by atomic mass is 10.2. The van der Waals surface area contributed by atoms with Gasteiger partial charge in [0, 0.05) is 6.07 Å². The first-order valence-corrected chi connectivity index (χ1v) is 10.2. The zero-order valence-corrected chi connectivity index (χ0v) is 17.4. The van der Waals surface area contributed by atoms with Gasteiger partial charge in [0.15, 0.2) is 0 Å². The number of hydrogen-bond donors (Lipinski definition) is 2. The van der Waals surface area contributed by atoms with Crippen LogP contribution >= 0.6 is 11.6 Å². The number of rotatable bonds is 7. The molecule has 1 heterocycles. The number of urea groups is 1. The number of hydrogen-bond acceptors (Lipinski definition) is 8. The van der Waals surface area contributed by atoms with Crippen LogP contribution in [0.15, 0.2) is 35.2 Å². The van der Waals surface area contributed by atoms with Gasteiger partial charge in [0.25, 0.3) is 10.0 Å². The molecule has 0 spiro atoms. The minimum Gasteiger partial charge on any atom is -0.481 e. The number of amides is 2. The molecule has 0 bridgehead atoms. The number of halogens is 1. The van der Waals surface area contributed by atoms with Gasteiger partial charge in [-0.05, 0) is 25.5 Å². The van der Waals surface area contributed by atoms with E-state index >= 15 is 0 Å². The van der Waals surface area contributed by atoms with Crippen molar-refractivity contribution in [1.82, 2.24) is 14.7 Å². The predicted molar refractivity (Wildman–Crippen MR) is 105 cm³/mol. The van der Waals surface area contributed by atoms with E-state index in [2.05, 4.69) is 15.3 Å². The SMILES string of the molecule is CCC(C)OC(=O)c1ccccc1S(=O)(=O)NC(=O)Nc1nc(Cl)cc(OC)n1. The maximum atomic E-state index is 12.6. The fourth-order valence-corrected chi connectivity index (χ4v) is 3.34. The standard InChI is InChI=1S/C17H19ClN4O6S/c1-4-10(2)28-15(23)11-7-5-6-8-12(11)29(25,26)22-17(24)21-16-19-13(18)9-14(20-16)27-3/h5-10H,4H2,1-3H3,(H2,19,20,21,22,24). The molecule has 10 nitrogen and oxygen atoms in total. The van der Waals surface area contributed by atoms with Gasteiger partial charge >= 0.3 is 12.0 Å². The number of nitrogens with zero attached hydrogens (tertiary/aromatic N) is 2. The summed E-state index contributed by atoms with van der Waals surface area (Å²) in [5.74, 6) is -1.02. The molecule has 2 rings (SSSR count). The first-order valence-electron chi connectivity index (χ1n) is 8.38. The van der Waals surface area contributed by atoms with Crippen LogP contribution in [0.2, 0.25) is 5.15 Å². The number of methoxy groups -OCH3 is 1. The van der Waals surface area contributed by atoms with Gasteiger partial charge in [0.2, 0.25) is 11.8 Å². The Bertz CT molecular complexity index is 1010. The average Bonchev–Trinajstić information content (AvgIpc) is 2.66. The zero-order chi connectivity index (χ0) is 21.6. The van der Waals surface area contributed by atoms with Crippen LogP contribution in [-0.2, 0) is 14.8 Å². The van der Waals surface area contributed by atoms with E-state index in [1.54, 1.807) is 11.6 Å². The molecule has 1 aromatic carbocycles. The number of aromatic nitrogens is 2. The maximum Gasteiger partial charge on any atom is 0.339 e. The summed E-state index contributed by atoms with van der Waals surface area (Å²) in [4.78, 5) is 31.6. The summed E-state index contributed by atoms with van der Waals surface area (Å²) in [6.07, 6.45) is 0.161. The Morgan fingerprint density at radius 2 is 1.93 bits per heavy atom. The molecule has 0 aliphatic carbocycles. The van der Waals surface area contributed by atoms with E-state index in [0.29, 0.717) is 6.42 Å². The number of carbonyl (C=O) groups excluding carboxylic acids is 2. The summed E-state index contributed by atoms with van der Waals surface area (Å²) in [6.45, 7) is 3.50. The molecule has 0 radical (unpaired) electrons. The van der Waals surface area contributed by atoms with Gasteiger partial charge in [-0.2, -0.15) is 4.98 Å². The molecular formula is C17H19ClN4O6S. The normalized spacial score (nSPS) is 12.0. The van der Waals surface area contributed by atoms with Gasteiger partial charge < -0.3 is 9.47 Å². The predicted octanol–water partition coefficient (Wildman–Crippen LogP) is 2.60. The van der Waals surface area contributed by atoms with Crippen LogP contribution in [0.25, 0.3) is 0 Å². The number of anilines is 1. The van der Waals surface area contributed by atoms with Crippen molar-refractivity contribution < 1.29 is 27.5 Å². The Labute approximate surface area is 172 Å². The molecule has 156 valence electrons. The highest BCUT2D eigenvalue weighted by Gasteiger charge is 2.26. The van der Waals surface area contributed by atoms with Gasteiger partial charge in [-0.15, -0.1) is 0 Å². The number of nitrogens with one attached hydrogen (secondary N) is 2. The molecule has 0 aliphatic heterocycles. The fraction of sp³-hybridized carbons (Fsp3) is 0.294. The van der Waals surface area contributed by atoms with Crippen LogP contribution in [0, 0.1) is 0 Å². The highest BCUT2D eigenvalue weighted by molar-refractivity contribution is 7.90. The number of benzene rings is 1. The zero-order valence-electron chi connectivity index (χ0n) is 15.8. The molecule has 1 aromatic heterocycles. The Hall–Kier alpha value is -2.92. The Morgan fingerprint density at radius 1 is 1.24 bits per heavy atom. The van der Waals surface area contributed by atoms with E-state index in [-0.39, 0.29) is 22.5 Å². The molecule has 1 unspecified atom stereocenters. The van der Waals surface area contributed by atoms with E-state index < -0.39 is 33.0 Å². The number of carbonyl (C=O) groups is 2. The summed E-state index contributed by atoms with van der Waals surface area (Å²) < 4.78 is 37.1. The van der Waals surface area contributed by atoms with Crippen LogP contribution in [0.3, 0.4) is 0 Å². The molecule has 0 saturated carbocycles. The Balaban J connectivity index is 2.22. The average molecular weight is 443 g/mol. The lowest BCUT2D eigenvalue weighted by Gasteiger charge is -2.14. The second kappa shape index (κ2) is 9.52. The van der Waals surface area contributed by atoms with Crippen molar-refractivity contribution in [2.75, 3.05) is 12.4 Å². The van der Waals surface area contributed by atoms with Crippen molar-refractivity contribution >= 4 is 39.6 Å². The third-order valence-electron chi connectivity index (χ3n) is 3.61. The number of sulfonamides is 1. The molecule has 2 amide bonds. The van der Waals surface area contributed by atoms with Crippen LogP contribution in [0.4, 0.5) is 10.7 Å². The third-order valence-corrected chi connectivity index (χ3v) is 5.20. The summed E-state index contributed by atoms with van der Waals surface area (Å²) in [7, 11) is -3.07. The molecule has 2 aromatic rings. The fourth-order valence-electron chi connectivity index (χ4n) is 2.06. The maximum absolute atomic E-state index is 12.6. The number of esters is 1. The lowest BCUT2D eigenvalue weighted by Crippen LogP contribution is -2.35. The van der Waals surface area contributed by atoms with Crippen LogP contribution in [0.5, 0.6) is 5.88 Å². The van der Waals surface area contributed by atoms with E-state index in [0.717, 1.165) is 0 Å². The van der Waals surface area contributed by atoms with Crippen LogP contribution < -0.4 is 14.8 Å². The molecule has 1 atom stereocenters. The van der Waals surface area contributed by atoms with Crippen molar-refractivity contribution in [3.05, 3.63) is 41.0 Å². The van der Waals surface area contributed by atoms with Crippen molar-refractivity contribution in [3.8, 4) is 5.88 Å². The molecule has 0 aliphatic rings. The highest BCUT2D eigenvalue weighted by Crippen LogP contribution is 2.19. The topological polar surface area (TPSA) is 137 Å². The molecule has 2 N–H and O–H groups in total. The largest absolute Gasteiger partial charge is 0.481 e. The first kappa shape index (κ1) is 22.4. The van der Waals surface area contributed by atoms with E-state index in [1.807, 2.05) is 6.92 Å². The summed E-state index contributed by atoms with van der Waals surface area (Å²) >= 11 is 5.78. The van der Waals surface area contributed by atoms with Gasteiger partial charge in [-0.25, -0.2) is 27.7 Å². The second-order valence-electron chi connectivity index (χ2n) is 5.74. The third kappa shape index (κ3) is 6.03. The molecular weight excluding hydrogens is 424 g/mol. The molecule has 0 saturated heterocycles. The van der Waals surface area contributed by atoms with Gasteiger partial charge in [-0.3, -0.25) is 5.32 Å². The minimum absolute atomic E-state index is 0.0202. The Morgan fingerprint density at radius 3 is 2.59 bits per heavy atom. The van der Waals surface area contributed by atoms with Crippen molar-refractivity contribution in [3.63, 3.8) is 0 Å². The van der Waals surface area contributed by atoms with Crippen molar-refractivity contribution in [2.24, 2.45) is 0 Å². The highest BCUT2D eigenvalue weighted by atomic mass is 35.5. The Kier molecular flexibility index (Phi) is 7.35. The molecule has 29 heavy (non-hydrogen) atoms. The van der Waals surface area contributed by atoms with Crippen LogP contribution in [-0.4, -0.2) is 43.6 Å². The first-order chi connectivity index (χ1) is 13.7. The van der Waals surface area contributed by atoms with Crippen molar-refractivity contribution in [1.29, 1.82) is 0 Å². The summed E-state index contributed by atoms with van der Waals surface area (Å²) in [5.41, 5.74) is -0.200.